The van der Waals surface area contributed by atoms with Crippen LogP contribution in [-0.2, 0) is 15.4 Å². The summed E-state index contributed by atoms with van der Waals surface area (Å²) < 4.78 is 40.0. The highest BCUT2D eigenvalue weighted by atomic mass is 32.2. The average Bonchev–Trinajstić information content (AvgIpc) is 2.62. The van der Waals surface area contributed by atoms with Gasteiger partial charge in [0.2, 0.25) is 10.0 Å². The van der Waals surface area contributed by atoms with Crippen LogP contribution in [0.1, 0.15) is 18.4 Å². The van der Waals surface area contributed by atoms with Crippen molar-refractivity contribution in [2.75, 3.05) is 13.1 Å². The number of hydrogen-bond donors (Lipinski definition) is 0. The summed E-state index contributed by atoms with van der Waals surface area (Å²) in [4.78, 5) is -0.0494. The third-order valence-corrected chi connectivity index (χ3v) is 6.44. The van der Waals surface area contributed by atoms with E-state index in [4.69, 9.17) is 0 Å². The second-order valence-corrected chi connectivity index (χ2v) is 7.86. The van der Waals surface area contributed by atoms with Gasteiger partial charge in [0, 0.05) is 13.1 Å². The number of piperidine rings is 1. The number of hydrogen-bond acceptors (Lipinski definition) is 3. The lowest BCUT2D eigenvalue weighted by molar-refractivity contribution is 0.277. The summed E-state index contributed by atoms with van der Waals surface area (Å²) in [7, 11) is -3.74. The molecule has 1 fully saturated rings. The molecule has 1 heterocycles. The zero-order valence-corrected chi connectivity index (χ0v) is 13.8. The Morgan fingerprint density at radius 1 is 1.04 bits per heavy atom. The van der Waals surface area contributed by atoms with E-state index in [2.05, 4.69) is 6.07 Å². The Balaban J connectivity index is 1.83. The van der Waals surface area contributed by atoms with Gasteiger partial charge in [0.15, 0.2) is 0 Å². The van der Waals surface area contributed by atoms with E-state index in [1.165, 1.54) is 22.5 Å². The lowest BCUT2D eigenvalue weighted by Crippen LogP contribution is -2.44. The summed E-state index contributed by atoms with van der Waals surface area (Å²) in [6.07, 6.45) is 0.837. The molecule has 3 rings (SSSR count). The van der Waals surface area contributed by atoms with Crippen molar-refractivity contribution in [1.82, 2.24) is 4.31 Å². The summed E-state index contributed by atoms with van der Waals surface area (Å²) in [5, 5.41) is 9.67. The Labute approximate surface area is 141 Å². The summed E-state index contributed by atoms with van der Waals surface area (Å²) in [6.45, 7) is 0.475. The molecular formula is C18H17FN2O2S. The highest BCUT2D eigenvalue weighted by Crippen LogP contribution is 2.36. The molecule has 1 aliphatic heterocycles. The first-order valence-electron chi connectivity index (χ1n) is 7.70. The van der Waals surface area contributed by atoms with Crippen molar-refractivity contribution < 1.29 is 12.8 Å². The van der Waals surface area contributed by atoms with E-state index >= 15 is 0 Å². The minimum Gasteiger partial charge on any atom is -0.207 e. The second kappa shape index (κ2) is 6.34. The highest BCUT2D eigenvalue weighted by molar-refractivity contribution is 7.89. The van der Waals surface area contributed by atoms with E-state index in [-0.39, 0.29) is 18.0 Å². The van der Waals surface area contributed by atoms with E-state index in [0.29, 0.717) is 12.8 Å². The monoisotopic (exact) mass is 344 g/mol. The van der Waals surface area contributed by atoms with E-state index in [9.17, 15) is 18.1 Å². The molecule has 0 unspecified atom stereocenters. The molecule has 0 aliphatic carbocycles. The standard InChI is InChI=1S/C18H17FN2O2S/c19-16-7-4-8-17(13-16)24(22,23)21-11-9-18(14-20,10-12-21)15-5-2-1-3-6-15/h1-8,13H,9-12H2. The first kappa shape index (κ1) is 16.6. The van der Waals surface area contributed by atoms with Gasteiger partial charge in [-0.15, -0.1) is 0 Å². The van der Waals surface area contributed by atoms with Crippen molar-refractivity contribution in [3.8, 4) is 6.07 Å². The maximum Gasteiger partial charge on any atom is 0.243 e. The van der Waals surface area contributed by atoms with Gasteiger partial charge in [-0.05, 0) is 36.6 Å². The van der Waals surface area contributed by atoms with Crippen molar-refractivity contribution in [2.45, 2.75) is 23.2 Å². The average molecular weight is 344 g/mol. The molecule has 1 saturated heterocycles. The molecule has 0 spiro atoms. The van der Waals surface area contributed by atoms with E-state index in [1.54, 1.807) is 0 Å². The van der Waals surface area contributed by atoms with Crippen LogP contribution in [0.15, 0.2) is 59.5 Å². The lowest BCUT2D eigenvalue weighted by atomic mass is 9.74. The van der Waals surface area contributed by atoms with Gasteiger partial charge < -0.3 is 0 Å². The van der Waals surface area contributed by atoms with Crippen LogP contribution in [0, 0.1) is 17.1 Å². The summed E-state index contributed by atoms with van der Waals surface area (Å²) in [6, 6.07) is 16.8. The predicted octanol–water partition coefficient (Wildman–Crippen LogP) is 3.07. The van der Waals surface area contributed by atoms with Gasteiger partial charge in [-0.1, -0.05) is 36.4 Å². The molecule has 0 amide bonds. The Hall–Kier alpha value is -2.23. The van der Waals surface area contributed by atoms with Gasteiger partial charge in [-0.25, -0.2) is 12.8 Å². The summed E-state index contributed by atoms with van der Waals surface area (Å²) in [5.74, 6) is -0.580. The Morgan fingerprint density at radius 3 is 2.29 bits per heavy atom. The molecule has 24 heavy (non-hydrogen) atoms. The van der Waals surface area contributed by atoms with Gasteiger partial charge in [-0.3, -0.25) is 0 Å². The molecule has 0 aromatic heterocycles. The van der Waals surface area contributed by atoms with Gasteiger partial charge in [-0.2, -0.15) is 9.57 Å². The lowest BCUT2D eigenvalue weighted by Gasteiger charge is -2.36. The SMILES string of the molecule is N#CC1(c2ccccc2)CCN(S(=O)(=O)c2cccc(F)c2)CC1. The Morgan fingerprint density at radius 2 is 1.71 bits per heavy atom. The van der Waals surface area contributed by atoms with Crippen LogP contribution in [0.5, 0.6) is 0 Å². The maximum atomic E-state index is 13.3. The van der Waals surface area contributed by atoms with Crippen LogP contribution in [-0.4, -0.2) is 25.8 Å². The number of benzene rings is 2. The van der Waals surface area contributed by atoms with Crippen molar-refractivity contribution in [3.63, 3.8) is 0 Å². The minimum atomic E-state index is -3.74. The molecule has 0 atom stereocenters. The second-order valence-electron chi connectivity index (χ2n) is 5.92. The largest absolute Gasteiger partial charge is 0.243 e. The normalized spacial score (nSPS) is 18.0. The Kier molecular flexibility index (Phi) is 4.39. The van der Waals surface area contributed by atoms with E-state index < -0.39 is 21.3 Å². The third-order valence-electron chi connectivity index (χ3n) is 4.55. The van der Waals surface area contributed by atoms with Crippen molar-refractivity contribution in [1.29, 1.82) is 5.26 Å². The van der Waals surface area contributed by atoms with Crippen LogP contribution in [0.4, 0.5) is 4.39 Å². The summed E-state index contributed by atoms with van der Waals surface area (Å²) >= 11 is 0. The Bertz CT molecular complexity index is 867. The van der Waals surface area contributed by atoms with Gasteiger partial charge >= 0.3 is 0 Å². The molecule has 2 aromatic carbocycles. The smallest absolute Gasteiger partial charge is 0.207 e. The molecule has 0 N–H and O–H groups in total. The van der Waals surface area contributed by atoms with Crippen LogP contribution in [0.2, 0.25) is 0 Å². The van der Waals surface area contributed by atoms with Gasteiger partial charge in [0.1, 0.15) is 5.82 Å². The molecule has 124 valence electrons. The highest BCUT2D eigenvalue weighted by Gasteiger charge is 2.40. The van der Waals surface area contributed by atoms with Crippen LogP contribution in [0.3, 0.4) is 0 Å². The quantitative estimate of drug-likeness (QED) is 0.860. The van der Waals surface area contributed by atoms with Crippen molar-refractivity contribution in [3.05, 3.63) is 66.0 Å². The predicted molar refractivity (Wildman–Crippen MR) is 88.1 cm³/mol. The number of rotatable bonds is 3. The minimum absolute atomic E-state index is 0.0494. The zero-order chi connectivity index (χ0) is 17.2. The van der Waals surface area contributed by atoms with Crippen LogP contribution in [0.25, 0.3) is 0 Å². The molecule has 1 aliphatic rings. The first-order chi connectivity index (χ1) is 11.5. The van der Waals surface area contributed by atoms with Crippen molar-refractivity contribution >= 4 is 10.0 Å². The van der Waals surface area contributed by atoms with E-state index in [0.717, 1.165) is 11.6 Å². The summed E-state index contributed by atoms with van der Waals surface area (Å²) in [5.41, 5.74) is 0.241. The molecule has 2 aromatic rings. The first-order valence-corrected chi connectivity index (χ1v) is 9.14. The van der Waals surface area contributed by atoms with E-state index in [1.807, 2.05) is 30.3 Å². The molecule has 4 nitrogen and oxygen atoms in total. The zero-order valence-electron chi connectivity index (χ0n) is 13.0. The molecule has 0 radical (unpaired) electrons. The fourth-order valence-corrected chi connectivity index (χ4v) is 4.58. The molecule has 0 bridgehead atoms. The van der Waals surface area contributed by atoms with Crippen molar-refractivity contribution in [2.24, 2.45) is 0 Å². The number of halogens is 1. The number of nitrogens with zero attached hydrogens (tertiary/aromatic N) is 2. The number of sulfonamides is 1. The number of nitriles is 1. The van der Waals surface area contributed by atoms with Gasteiger partial charge in [0.05, 0.1) is 16.4 Å². The maximum absolute atomic E-state index is 13.3. The molecule has 0 saturated carbocycles. The van der Waals surface area contributed by atoms with Gasteiger partial charge in [0.25, 0.3) is 0 Å². The fourth-order valence-electron chi connectivity index (χ4n) is 3.11. The molecular weight excluding hydrogens is 327 g/mol. The van der Waals surface area contributed by atoms with Crippen LogP contribution < -0.4 is 0 Å². The molecule has 6 heteroatoms. The third kappa shape index (κ3) is 2.93. The topological polar surface area (TPSA) is 61.2 Å². The van der Waals surface area contributed by atoms with Crippen LogP contribution >= 0.6 is 0 Å². The fraction of sp³-hybridized carbons (Fsp3) is 0.278.